The minimum atomic E-state index is -4.02. The number of hydrogen-bond donors (Lipinski definition) is 2. The van der Waals surface area contributed by atoms with Crippen LogP contribution in [0.1, 0.15) is 11.5 Å². The third-order valence-electron chi connectivity index (χ3n) is 2.32. The lowest BCUT2D eigenvalue weighted by molar-refractivity contribution is 0.534. The second kappa shape index (κ2) is 5.90. The van der Waals surface area contributed by atoms with Crippen molar-refractivity contribution in [3.8, 4) is 11.8 Å². The van der Waals surface area contributed by atoms with Gasteiger partial charge in [-0.25, -0.2) is 17.5 Å². The van der Waals surface area contributed by atoms with Crippen molar-refractivity contribution in [3.05, 3.63) is 35.5 Å². The van der Waals surface area contributed by atoms with Crippen molar-refractivity contribution in [1.82, 2.24) is 10.2 Å². The van der Waals surface area contributed by atoms with Crippen LogP contribution in [0.5, 0.6) is 0 Å². The summed E-state index contributed by atoms with van der Waals surface area (Å²) in [6, 6.07) is 3.03. The Morgan fingerprint density at radius 1 is 1.43 bits per heavy atom. The average molecular weight is 310 g/mol. The number of benzene rings is 1. The topological polar surface area (TPSA) is 111 Å². The first-order valence-corrected chi connectivity index (χ1v) is 7.22. The van der Waals surface area contributed by atoms with Gasteiger partial charge < -0.3 is 10.2 Å². The molecule has 0 saturated heterocycles. The first kappa shape index (κ1) is 15.0. The quantitative estimate of drug-likeness (QED) is 0.804. The fraction of sp³-hybridized carbons (Fsp3) is 0.167. The van der Waals surface area contributed by atoms with E-state index in [1.165, 1.54) is 19.1 Å². The smallest absolute Gasteiger partial charge is 0.329 e. The van der Waals surface area contributed by atoms with E-state index >= 15 is 0 Å². The molecule has 1 aromatic carbocycles. The summed E-state index contributed by atoms with van der Waals surface area (Å²) < 4.78 is 44.8. The van der Waals surface area contributed by atoms with Crippen molar-refractivity contribution in [2.45, 2.75) is 11.8 Å². The predicted molar refractivity (Wildman–Crippen MR) is 72.2 cm³/mol. The minimum absolute atomic E-state index is 0.0630. The summed E-state index contributed by atoms with van der Waals surface area (Å²) >= 11 is 0. The molecule has 0 saturated carbocycles. The molecule has 2 rings (SSSR count). The third kappa shape index (κ3) is 3.56. The molecular weight excluding hydrogens is 299 g/mol. The van der Waals surface area contributed by atoms with Crippen LogP contribution in [0.25, 0.3) is 0 Å². The molecule has 0 bridgehead atoms. The number of nitrogens with zero attached hydrogens (tertiary/aromatic N) is 2. The molecule has 0 aliphatic rings. The van der Waals surface area contributed by atoms with E-state index in [9.17, 15) is 12.8 Å². The Labute approximate surface area is 120 Å². The molecule has 2 aromatic rings. The normalized spacial score (nSPS) is 10.8. The van der Waals surface area contributed by atoms with E-state index in [2.05, 4.69) is 26.8 Å². The van der Waals surface area contributed by atoms with Gasteiger partial charge in [-0.2, -0.15) is 0 Å². The minimum Gasteiger partial charge on any atom is -0.408 e. The summed E-state index contributed by atoms with van der Waals surface area (Å²) in [7, 11) is -4.02. The monoisotopic (exact) mass is 310 g/mol. The maximum Gasteiger partial charge on any atom is 0.329 e. The van der Waals surface area contributed by atoms with Crippen LogP contribution in [0.2, 0.25) is 0 Å². The molecule has 7 nitrogen and oxygen atoms in total. The van der Waals surface area contributed by atoms with Crippen LogP contribution in [0, 0.1) is 24.6 Å². The molecule has 0 atom stereocenters. The molecule has 0 radical (unpaired) electrons. The summed E-state index contributed by atoms with van der Waals surface area (Å²) in [5.41, 5.74) is 5.25. The Kier molecular flexibility index (Phi) is 4.21. The SMILES string of the molecule is Cc1nnc(NS(=O)(=O)c2ccc(C#CCN)c(F)c2)o1. The van der Waals surface area contributed by atoms with Gasteiger partial charge in [-0.3, -0.25) is 0 Å². The van der Waals surface area contributed by atoms with Crippen molar-refractivity contribution < 1.29 is 17.2 Å². The summed E-state index contributed by atoms with van der Waals surface area (Å²) in [4.78, 5) is -0.283. The van der Waals surface area contributed by atoms with Gasteiger partial charge in [0.2, 0.25) is 5.89 Å². The second-order valence-electron chi connectivity index (χ2n) is 3.88. The first-order chi connectivity index (χ1) is 9.92. The maximum atomic E-state index is 13.8. The zero-order valence-electron chi connectivity index (χ0n) is 10.9. The highest BCUT2D eigenvalue weighted by Crippen LogP contribution is 2.17. The largest absolute Gasteiger partial charge is 0.408 e. The molecule has 9 heteroatoms. The molecule has 0 fully saturated rings. The Hall–Kier alpha value is -2.44. The zero-order valence-corrected chi connectivity index (χ0v) is 11.7. The molecule has 0 aliphatic heterocycles. The van der Waals surface area contributed by atoms with Gasteiger partial charge in [0.1, 0.15) is 5.82 Å². The maximum absolute atomic E-state index is 13.8. The lowest BCUT2D eigenvalue weighted by Gasteiger charge is -2.04. The van der Waals surface area contributed by atoms with E-state index in [0.29, 0.717) is 0 Å². The summed E-state index contributed by atoms with van der Waals surface area (Å²) in [5.74, 6) is 4.42. The van der Waals surface area contributed by atoms with Crippen LogP contribution in [0.3, 0.4) is 0 Å². The molecule has 0 unspecified atom stereocenters. The van der Waals surface area contributed by atoms with Crippen molar-refractivity contribution in [2.24, 2.45) is 5.73 Å². The van der Waals surface area contributed by atoms with Crippen molar-refractivity contribution in [3.63, 3.8) is 0 Å². The van der Waals surface area contributed by atoms with Crippen LogP contribution < -0.4 is 10.5 Å². The fourth-order valence-electron chi connectivity index (χ4n) is 1.42. The van der Waals surface area contributed by atoms with Gasteiger partial charge >= 0.3 is 6.01 Å². The van der Waals surface area contributed by atoms with E-state index < -0.39 is 15.8 Å². The standard InChI is InChI=1S/C12H11FN4O3S/c1-8-15-16-12(20-8)17-21(18,19)10-5-4-9(3-2-6-14)11(13)7-10/h4-5,7H,6,14H2,1H3,(H,16,17). The second-order valence-corrected chi connectivity index (χ2v) is 5.56. The Morgan fingerprint density at radius 2 is 2.19 bits per heavy atom. The average Bonchev–Trinajstić information content (AvgIpc) is 2.82. The molecule has 0 aliphatic carbocycles. The van der Waals surface area contributed by atoms with Gasteiger partial charge in [0.15, 0.2) is 0 Å². The molecular formula is C12H11FN4O3S. The van der Waals surface area contributed by atoms with Gasteiger partial charge in [-0.05, 0) is 18.2 Å². The number of hydrogen-bond acceptors (Lipinski definition) is 6. The summed E-state index contributed by atoms with van der Waals surface area (Å²) in [6.45, 7) is 1.59. The Bertz CT molecular complexity index is 821. The number of aromatic nitrogens is 2. The van der Waals surface area contributed by atoms with E-state index in [4.69, 9.17) is 10.2 Å². The molecule has 0 spiro atoms. The van der Waals surface area contributed by atoms with Crippen molar-refractivity contribution in [2.75, 3.05) is 11.3 Å². The van der Waals surface area contributed by atoms with E-state index in [-0.39, 0.29) is 28.9 Å². The van der Waals surface area contributed by atoms with Crippen LogP contribution in [0.15, 0.2) is 27.5 Å². The van der Waals surface area contributed by atoms with E-state index in [0.717, 1.165) is 6.07 Å². The number of anilines is 1. The predicted octanol–water partition coefficient (Wildman–Crippen LogP) is 0.628. The molecule has 21 heavy (non-hydrogen) atoms. The molecule has 110 valence electrons. The van der Waals surface area contributed by atoms with E-state index in [1.54, 1.807) is 0 Å². The molecule has 1 aromatic heterocycles. The van der Waals surface area contributed by atoms with Gasteiger partial charge in [0.05, 0.1) is 17.0 Å². The number of nitrogens with two attached hydrogens (primary N) is 1. The molecule has 0 amide bonds. The highest BCUT2D eigenvalue weighted by atomic mass is 32.2. The van der Waals surface area contributed by atoms with Gasteiger partial charge in [0, 0.05) is 6.92 Å². The van der Waals surface area contributed by atoms with Gasteiger partial charge in [-0.15, -0.1) is 5.10 Å². The lowest BCUT2D eigenvalue weighted by atomic mass is 10.2. The van der Waals surface area contributed by atoms with Crippen LogP contribution in [0.4, 0.5) is 10.4 Å². The number of nitrogens with one attached hydrogen (secondary N) is 1. The highest BCUT2D eigenvalue weighted by Gasteiger charge is 2.18. The lowest BCUT2D eigenvalue weighted by Crippen LogP contribution is -2.13. The summed E-state index contributed by atoms with van der Waals surface area (Å²) in [5, 5.41) is 6.98. The number of sulfonamides is 1. The molecule has 3 N–H and O–H groups in total. The number of halogens is 1. The van der Waals surface area contributed by atoms with Crippen molar-refractivity contribution in [1.29, 1.82) is 0 Å². The Morgan fingerprint density at radius 3 is 2.76 bits per heavy atom. The van der Waals surface area contributed by atoms with Crippen LogP contribution in [-0.4, -0.2) is 25.2 Å². The zero-order chi connectivity index (χ0) is 15.5. The summed E-state index contributed by atoms with van der Waals surface area (Å²) in [6.07, 6.45) is 0. The van der Waals surface area contributed by atoms with Crippen LogP contribution >= 0.6 is 0 Å². The Balaban J connectivity index is 2.30. The van der Waals surface area contributed by atoms with E-state index in [1.807, 2.05) is 0 Å². The molecule has 1 heterocycles. The third-order valence-corrected chi connectivity index (χ3v) is 3.64. The number of rotatable bonds is 3. The highest BCUT2D eigenvalue weighted by molar-refractivity contribution is 7.92. The number of aryl methyl sites for hydroxylation is 1. The first-order valence-electron chi connectivity index (χ1n) is 5.74. The van der Waals surface area contributed by atoms with Gasteiger partial charge in [0.25, 0.3) is 10.0 Å². The van der Waals surface area contributed by atoms with Crippen molar-refractivity contribution >= 4 is 16.0 Å². The van der Waals surface area contributed by atoms with Crippen LogP contribution in [-0.2, 0) is 10.0 Å². The van der Waals surface area contributed by atoms with Gasteiger partial charge in [-0.1, -0.05) is 16.9 Å². The fourth-order valence-corrected chi connectivity index (χ4v) is 2.36.